The molecule has 1 amide bonds. The van der Waals surface area contributed by atoms with Crippen LogP contribution >= 0.6 is 0 Å². The van der Waals surface area contributed by atoms with Gasteiger partial charge < -0.3 is 15.5 Å². The molecule has 4 nitrogen and oxygen atoms in total. The van der Waals surface area contributed by atoms with Crippen molar-refractivity contribution < 1.29 is 4.79 Å². The van der Waals surface area contributed by atoms with Crippen LogP contribution in [-0.4, -0.2) is 48.9 Å². The summed E-state index contributed by atoms with van der Waals surface area (Å²) in [6.07, 6.45) is 1.54. The molecule has 0 aliphatic carbocycles. The molecule has 2 N–H and O–H groups in total. The topological polar surface area (TPSA) is 49.6 Å². The second-order valence-electron chi connectivity index (χ2n) is 4.96. The van der Waals surface area contributed by atoms with Crippen molar-refractivity contribution in [1.82, 2.24) is 9.80 Å². The van der Waals surface area contributed by atoms with Gasteiger partial charge in [-0.25, -0.2) is 0 Å². The summed E-state index contributed by atoms with van der Waals surface area (Å²) in [6.45, 7) is 3.75. The molecule has 1 heterocycles. The van der Waals surface area contributed by atoms with Crippen molar-refractivity contribution in [3.8, 4) is 0 Å². The molecule has 1 aliphatic heterocycles. The lowest BCUT2D eigenvalue weighted by molar-refractivity contribution is -0.130. The Bertz CT molecular complexity index is 402. The van der Waals surface area contributed by atoms with Crippen LogP contribution in [0, 0.1) is 0 Å². The maximum absolute atomic E-state index is 12.2. The van der Waals surface area contributed by atoms with E-state index in [1.54, 1.807) is 0 Å². The Hall–Kier alpha value is -1.55. The fourth-order valence-electron chi connectivity index (χ4n) is 2.22. The number of likely N-dealkylation sites (N-methyl/N-ethyl adjacent to an activating group) is 1. The summed E-state index contributed by atoms with van der Waals surface area (Å²) in [7, 11) is 2.11. The Morgan fingerprint density at radius 2 is 1.89 bits per heavy atom. The number of nitrogens with zero attached hydrogens (tertiary/aromatic N) is 2. The summed E-state index contributed by atoms with van der Waals surface area (Å²) >= 11 is 0. The number of nitrogen functional groups attached to an aromatic ring is 1. The number of amides is 1. The van der Waals surface area contributed by atoms with E-state index in [-0.39, 0.29) is 5.91 Å². The normalized spacial score (nSPS) is 17.5. The molecule has 18 heavy (non-hydrogen) atoms. The molecule has 0 radical (unpaired) electrons. The van der Waals surface area contributed by atoms with Crippen LogP contribution in [0.3, 0.4) is 0 Å². The molecule has 0 spiro atoms. The molecule has 0 atom stereocenters. The molecule has 1 fully saturated rings. The largest absolute Gasteiger partial charge is 0.399 e. The first-order chi connectivity index (χ1) is 8.65. The minimum atomic E-state index is 0.218. The van der Waals surface area contributed by atoms with E-state index in [4.69, 9.17) is 5.73 Å². The second-order valence-corrected chi connectivity index (χ2v) is 4.96. The minimum absolute atomic E-state index is 0.218. The fraction of sp³-hybridized carbons (Fsp3) is 0.500. The van der Waals surface area contributed by atoms with Gasteiger partial charge in [-0.15, -0.1) is 0 Å². The number of benzene rings is 1. The monoisotopic (exact) mass is 247 g/mol. The Labute approximate surface area is 108 Å². The van der Waals surface area contributed by atoms with Crippen molar-refractivity contribution >= 4 is 11.6 Å². The zero-order valence-corrected chi connectivity index (χ0v) is 10.9. The van der Waals surface area contributed by atoms with Crippen molar-refractivity contribution in [2.24, 2.45) is 0 Å². The van der Waals surface area contributed by atoms with Crippen molar-refractivity contribution in [2.75, 3.05) is 39.0 Å². The highest BCUT2D eigenvalue weighted by molar-refractivity contribution is 5.78. The van der Waals surface area contributed by atoms with Crippen molar-refractivity contribution in [3.05, 3.63) is 29.8 Å². The summed E-state index contributed by atoms with van der Waals surface area (Å²) in [6, 6.07) is 7.55. The third-order valence-electron chi connectivity index (χ3n) is 3.41. The van der Waals surface area contributed by atoms with E-state index in [0.717, 1.165) is 43.9 Å². The molecule has 0 bridgehead atoms. The highest BCUT2D eigenvalue weighted by Crippen LogP contribution is 2.09. The number of hydrogen-bond donors (Lipinski definition) is 1. The zero-order valence-electron chi connectivity index (χ0n) is 10.9. The van der Waals surface area contributed by atoms with Crippen molar-refractivity contribution in [2.45, 2.75) is 12.8 Å². The van der Waals surface area contributed by atoms with Gasteiger partial charge in [0, 0.05) is 25.3 Å². The number of rotatable bonds is 2. The third kappa shape index (κ3) is 3.47. The van der Waals surface area contributed by atoms with Crippen LogP contribution < -0.4 is 5.73 Å². The van der Waals surface area contributed by atoms with Crippen LogP contribution in [-0.2, 0) is 11.2 Å². The molecular formula is C14H21N3O. The number of anilines is 1. The molecule has 0 aromatic heterocycles. The van der Waals surface area contributed by atoms with E-state index in [2.05, 4.69) is 11.9 Å². The van der Waals surface area contributed by atoms with Gasteiger partial charge in [-0.1, -0.05) is 12.1 Å². The first-order valence-electron chi connectivity index (χ1n) is 6.46. The Morgan fingerprint density at radius 1 is 1.17 bits per heavy atom. The van der Waals surface area contributed by atoms with Crippen molar-refractivity contribution in [1.29, 1.82) is 0 Å². The van der Waals surface area contributed by atoms with Crippen LogP contribution in [0.25, 0.3) is 0 Å². The van der Waals surface area contributed by atoms with E-state index in [1.165, 1.54) is 0 Å². The van der Waals surface area contributed by atoms with Gasteiger partial charge in [-0.05, 0) is 37.7 Å². The van der Waals surface area contributed by atoms with Gasteiger partial charge in [-0.3, -0.25) is 4.79 Å². The SMILES string of the molecule is CN1CCCN(C(=O)Cc2ccc(N)cc2)CC1. The predicted molar refractivity (Wildman–Crippen MR) is 73.3 cm³/mol. The Morgan fingerprint density at radius 3 is 2.61 bits per heavy atom. The van der Waals surface area contributed by atoms with Gasteiger partial charge in [-0.2, -0.15) is 0 Å². The molecule has 1 aromatic rings. The van der Waals surface area contributed by atoms with E-state index >= 15 is 0 Å². The van der Waals surface area contributed by atoms with Crippen LogP contribution in [0.1, 0.15) is 12.0 Å². The standard InChI is InChI=1S/C14H21N3O/c1-16-7-2-8-17(10-9-16)14(18)11-12-3-5-13(15)6-4-12/h3-6H,2,7-11,15H2,1H3. The van der Waals surface area contributed by atoms with Crippen LogP contribution in [0.5, 0.6) is 0 Å². The van der Waals surface area contributed by atoms with Gasteiger partial charge in [0.15, 0.2) is 0 Å². The highest BCUT2D eigenvalue weighted by Gasteiger charge is 2.17. The van der Waals surface area contributed by atoms with Crippen LogP contribution in [0.15, 0.2) is 24.3 Å². The summed E-state index contributed by atoms with van der Waals surface area (Å²) < 4.78 is 0. The van der Waals surface area contributed by atoms with E-state index < -0.39 is 0 Å². The molecule has 98 valence electrons. The van der Waals surface area contributed by atoms with E-state index in [9.17, 15) is 4.79 Å². The quantitative estimate of drug-likeness (QED) is 0.792. The fourth-order valence-corrected chi connectivity index (χ4v) is 2.22. The lowest BCUT2D eigenvalue weighted by Crippen LogP contribution is -2.35. The van der Waals surface area contributed by atoms with Crippen LogP contribution in [0.2, 0.25) is 0 Å². The molecular weight excluding hydrogens is 226 g/mol. The molecule has 4 heteroatoms. The van der Waals surface area contributed by atoms with E-state index in [1.807, 2.05) is 29.2 Å². The van der Waals surface area contributed by atoms with Crippen LogP contribution in [0.4, 0.5) is 5.69 Å². The van der Waals surface area contributed by atoms with Gasteiger partial charge in [0.25, 0.3) is 0 Å². The number of carbonyl (C=O) groups is 1. The zero-order chi connectivity index (χ0) is 13.0. The maximum Gasteiger partial charge on any atom is 0.227 e. The van der Waals surface area contributed by atoms with E-state index in [0.29, 0.717) is 6.42 Å². The van der Waals surface area contributed by atoms with Gasteiger partial charge in [0.2, 0.25) is 5.91 Å². The average molecular weight is 247 g/mol. The van der Waals surface area contributed by atoms with Gasteiger partial charge in [0.05, 0.1) is 6.42 Å². The van der Waals surface area contributed by atoms with Gasteiger partial charge in [0.1, 0.15) is 0 Å². The lowest BCUT2D eigenvalue weighted by atomic mass is 10.1. The Kier molecular flexibility index (Phi) is 4.20. The van der Waals surface area contributed by atoms with Crippen molar-refractivity contribution in [3.63, 3.8) is 0 Å². The average Bonchev–Trinajstić information content (AvgIpc) is 2.57. The number of nitrogens with two attached hydrogens (primary N) is 1. The molecule has 0 saturated carbocycles. The molecule has 0 unspecified atom stereocenters. The summed E-state index contributed by atoms with van der Waals surface area (Å²) in [5.74, 6) is 0.218. The smallest absolute Gasteiger partial charge is 0.227 e. The molecule has 1 aliphatic rings. The highest BCUT2D eigenvalue weighted by atomic mass is 16.2. The molecule has 1 aromatic carbocycles. The minimum Gasteiger partial charge on any atom is -0.399 e. The second kappa shape index (κ2) is 5.87. The summed E-state index contributed by atoms with van der Waals surface area (Å²) in [4.78, 5) is 16.4. The molecule has 1 saturated heterocycles. The summed E-state index contributed by atoms with van der Waals surface area (Å²) in [5, 5.41) is 0. The predicted octanol–water partition coefficient (Wildman–Crippen LogP) is 0.975. The number of hydrogen-bond acceptors (Lipinski definition) is 3. The third-order valence-corrected chi connectivity index (χ3v) is 3.41. The lowest BCUT2D eigenvalue weighted by Gasteiger charge is -2.20. The Balaban J connectivity index is 1.92. The first kappa shape index (κ1) is 12.9. The molecule has 2 rings (SSSR count). The first-order valence-corrected chi connectivity index (χ1v) is 6.46. The maximum atomic E-state index is 12.2. The summed E-state index contributed by atoms with van der Waals surface area (Å²) in [5.41, 5.74) is 7.41. The number of carbonyl (C=O) groups excluding carboxylic acids is 1. The van der Waals surface area contributed by atoms with Gasteiger partial charge >= 0.3 is 0 Å².